The van der Waals surface area contributed by atoms with E-state index >= 15 is 0 Å². The van der Waals surface area contributed by atoms with E-state index in [1.807, 2.05) is 36.4 Å². The molecule has 5 rings (SSSR count). The van der Waals surface area contributed by atoms with Crippen molar-refractivity contribution in [1.29, 1.82) is 0 Å². The number of aliphatic hydroxyl groups excluding tert-OH is 1. The Morgan fingerprint density at radius 1 is 0.914 bits per heavy atom. The number of nitrogens with zero attached hydrogens (tertiary/aromatic N) is 1. The summed E-state index contributed by atoms with van der Waals surface area (Å²) in [5.41, 5.74) is 5.24. The smallest absolute Gasteiger partial charge is 0.411 e. The van der Waals surface area contributed by atoms with Gasteiger partial charge in [-0.2, -0.15) is 0 Å². The number of benzene rings is 3. The number of β-amino-alcohol motifs (C(OH)–C–C–N with tert-alkyl or cyclic N) is 1. The number of aliphatic carboxylic acids is 1. The second kappa shape index (κ2) is 9.23. The molecule has 3 aromatic carbocycles. The molecule has 8 nitrogen and oxygen atoms in total. The highest BCUT2D eigenvalue weighted by atomic mass is 16.5. The van der Waals surface area contributed by atoms with Crippen LogP contribution >= 0.6 is 0 Å². The zero-order valence-corrected chi connectivity index (χ0v) is 18.8. The van der Waals surface area contributed by atoms with Crippen molar-refractivity contribution >= 4 is 23.7 Å². The monoisotopic (exact) mass is 472 g/mol. The Labute approximate surface area is 201 Å². The summed E-state index contributed by atoms with van der Waals surface area (Å²) in [5, 5.41) is 21.8. The first-order valence-corrected chi connectivity index (χ1v) is 11.4. The molecule has 0 bridgehead atoms. The SMILES string of the molecule is O=C(Nc1ccc(C(=O)N2C[C@@H](O)C[C@H]2C(=O)O)cc1)OCC1c2ccccc2-c2ccccc21. The molecule has 8 heteroatoms. The minimum atomic E-state index is -1.15. The number of carbonyl (C=O) groups excluding carboxylic acids is 2. The Balaban J connectivity index is 1.21. The Morgan fingerprint density at radius 3 is 2.11 bits per heavy atom. The molecule has 3 N–H and O–H groups in total. The minimum Gasteiger partial charge on any atom is -0.480 e. The normalized spacial score (nSPS) is 18.6. The highest BCUT2D eigenvalue weighted by molar-refractivity contribution is 5.97. The Kier molecular flexibility index (Phi) is 5.96. The van der Waals surface area contributed by atoms with Gasteiger partial charge in [-0.3, -0.25) is 10.1 Å². The van der Waals surface area contributed by atoms with Gasteiger partial charge >= 0.3 is 12.1 Å². The van der Waals surface area contributed by atoms with Gasteiger partial charge in [0, 0.05) is 30.1 Å². The van der Waals surface area contributed by atoms with Crippen molar-refractivity contribution in [2.24, 2.45) is 0 Å². The summed E-state index contributed by atoms with van der Waals surface area (Å²) in [6.45, 7) is 0.153. The Morgan fingerprint density at radius 2 is 1.51 bits per heavy atom. The van der Waals surface area contributed by atoms with Crippen LogP contribution < -0.4 is 5.32 Å². The molecule has 2 amide bonds. The molecule has 1 aliphatic heterocycles. The summed E-state index contributed by atoms with van der Waals surface area (Å²) in [5.74, 6) is -1.68. The topological polar surface area (TPSA) is 116 Å². The van der Waals surface area contributed by atoms with Crippen molar-refractivity contribution in [3.8, 4) is 11.1 Å². The van der Waals surface area contributed by atoms with Crippen molar-refractivity contribution in [3.63, 3.8) is 0 Å². The van der Waals surface area contributed by atoms with Crippen LogP contribution in [-0.4, -0.2) is 58.4 Å². The number of likely N-dealkylation sites (tertiary alicyclic amines) is 1. The van der Waals surface area contributed by atoms with E-state index in [1.165, 1.54) is 12.1 Å². The summed E-state index contributed by atoms with van der Waals surface area (Å²) in [6.07, 6.45) is -1.48. The summed E-state index contributed by atoms with van der Waals surface area (Å²) in [7, 11) is 0. The van der Waals surface area contributed by atoms with Crippen LogP contribution in [0.4, 0.5) is 10.5 Å². The molecule has 35 heavy (non-hydrogen) atoms. The lowest BCUT2D eigenvalue weighted by molar-refractivity contribution is -0.141. The van der Waals surface area contributed by atoms with E-state index in [-0.39, 0.29) is 31.1 Å². The molecule has 1 saturated heterocycles. The van der Waals surface area contributed by atoms with E-state index in [2.05, 4.69) is 17.4 Å². The van der Waals surface area contributed by atoms with E-state index in [4.69, 9.17) is 4.74 Å². The predicted octanol–water partition coefficient (Wildman–Crippen LogP) is 3.71. The fourth-order valence-electron chi connectivity index (χ4n) is 4.89. The number of rotatable bonds is 5. The lowest BCUT2D eigenvalue weighted by atomic mass is 9.98. The predicted molar refractivity (Wildman–Crippen MR) is 128 cm³/mol. The maximum atomic E-state index is 12.7. The molecule has 2 atom stereocenters. The first kappa shape index (κ1) is 22.6. The molecule has 1 aliphatic carbocycles. The number of carboxylic acids is 1. The van der Waals surface area contributed by atoms with Crippen molar-refractivity contribution in [1.82, 2.24) is 4.90 Å². The number of amides is 2. The van der Waals surface area contributed by atoms with E-state index in [9.17, 15) is 24.6 Å². The molecule has 1 heterocycles. The first-order chi connectivity index (χ1) is 16.9. The molecular formula is C27H24N2O6. The molecule has 0 saturated carbocycles. The zero-order valence-electron chi connectivity index (χ0n) is 18.8. The minimum absolute atomic E-state index is 0.00248. The number of nitrogens with one attached hydrogen (secondary N) is 1. The third-order valence-electron chi connectivity index (χ3n) is 6.55. The summed E-state index contributed by atoms with van der Waals surface area (Å²) in [4.78, 5) is 37.8. The molecule has 2 aliphatic rings. The summed E-state index contributed by atoms with van der Waals surface area (Å²) < 4.78 is 5.54. The van der Waals surface area contributed by atoms with Crippen molar-refractivity contribution < 1.29 is 29.3 Å². The number of anilines is 1. The molecular weight excluding hydrogens is 448 g/mol. The van der Waals surface area contributed by atoms with Crippen LogP contribution in [0.3, 0.4) is 0 Å². The molecule has 1 fully saturated rings. The molecule has 0 aromatic heterocycles. The molecule has 0 unspecified atom stereocenters. The molecule has 0 radical (unpaired) electrons. The van der Waals surface area contributed by atoms with E-state index in [0.29, 0.717) is 5.69 Å². The molecule has 178 valence electrons. The first-order valence-electron chi connectivity index (χ1n) is 11.4. The summed E-state index contributed by atoms with van der Waals surface area (Å²) in [6, 6.07) is 21.2. The van der Waals surface area contributed by atoms with Crippen LogP contribution in [0.15, 0.2) is 72.8 Å². The van der Waals surface area contributed by atoms with Gasteiger partial charge in [-0.1, -0.05) is 48.5 Å². The molecule has 3 aromatic rings. The average Bonchev–Trinajstić information content (AvgIpc) is 3.41. The highest BCUT2D eigenvalue weighted by Gasteiger charge is 2.39. The third-order valence-corrected chi connectivity index (χ3v) is 6.55. The summed E-state index contributed by atoms with van der Waals surface area (Å²) >= 11 is 0. The lowest BCUT2D eigenvalue weighted by Crippen LogP contribution is -2.40. The van der Waals surface area contributed by atoms with Gasteiger partial charge in [0.05, 0.1) is 6.10 Å². The number of ether oxygens (including phenoxy) is 1. The number of carboxylic acid groups (broad SMARTS) is 1. The van der Waals surface area contributed by atoms with Gasteiger partial charge in [0.15, 0.2) is 0 Å². The largest absolute Gasteiger partial charge is 0.480 e. The van der Waals surface area contributed by atoms with Gasteiger partial charge in [0.2, 0.25) is 0 Å². The van der Waals surface area contributed by atoms with Crippen LogP contribution in [0, 0.1) is 0 Å². The highest BCUT2D eigenvalue weighted by Crippen LogP contribution is 2.44. The van der Waals surface area contributed by atoms with Crippen molar-refractivity contribution in [2.45, 2.75) is 24.5 Å². The second-order valence-corrected chi connectivity index (χ2v) is 8.73. The van der Waals surface area contributed by atoms with Gasteiger partial charge in [-0.25, -0.2) is 9.59 Å². The number of hydrogen-bond donors (Lipinski definition) is 3. The number of carbonyl (C=O) groups is 3. The maximum absolute atomic E-state index is 12.7. The van der Waals surface area contributed by atoms with Gasteiger partial charge in [-0.05, 0) is 46.5 Å². The fourth-order valence-corrected chi connectivity index (χ4v) is 4.89. The van der Waals surface area contributed by atoms with Gasteiger partial charge in [-0.15, -0.1) is 0 Å². The number of fused-ring (bicyclic) bond motifs is 3. The lowest BCUT2D eigenvalue weighted by Gasteiger charge is -2.21. The van der Waals surface area contributed by atoms with Crippen LogP contribution in [-0.2, 0) is 9.53 Å². The van der Waals surface area contributed by atoms with E-state index in [1.54, 1.807) is 12.1 Å². The second-order valence-electron chi connectivity index (χ2n) is 8.73. The van der Waals surface area contributed by atoms with Crippen LogP contribution in [0.25, 0.3) is 11.1 Å². The Hall–Kier alpha value is -4.17. The zero-order chi connectivity index (χ0) is 24.5. The van der Waals surface area contributed by atoms with E-state index < -0.39 is 30.1 Å². The number of hydrogen-bond acceptors (Lipinski definition) is 5. The maximum Gasteiger partial charge on any atom is 0.411 e. The standard InChI is InChI=1S/C27H24N2O6/c30-18-13-24(26(32)33)29(14-18)25(31)16-9-11-17(12-10-16)28-27(34)35-15-23-21-7-3-1-5-19(21)20-6-2-4-8-22(20)23/h1-12,18,23-24,30H,13-15H2,(H,28,34)(H,32,33)/t18-,24-/m0/s1. The fraction of sp³-hybridized carbons (Fsp3) is 0.222. The van der Waals surface area contributed by atoms with Crippen LogP contribution in [0.5, 0.6) is 0 Å². The quantitative estimate of drug-likeness (QED) is 0.521. The number of aliphatic hydroxyl groups is 1. The van der Waals surface area contributed by atoms with Crippen LogP contribution in [0.1, 0.15) is 33.8 Å². The Bertz CT molecular complexity index is 1240. The van der Waals surface area contributed by atoms with Gasteiger partial charge in [0.1, 0.15) is 12.6 Å². The molecule has 0 spiro atoms. The van der Waals surface area contributed by atoms with Crippen molar-refractivity contribution in [2.75, 3.05) is 18.5 Å². The van der Waals surface area contributed by atoms with E-state index in [0.717, 1.165) is 27.2 Å². The average molecular weight is 472 g/mol. The van der Waals surface area contributed by atoms with Gasteiger partial charge < -0.3 is 19.8 Å². The van der Waals surface area contributed by atoms with Crippen LogP contribution in [0.2, 0.25) is 0 Å². The third kappa shape index (κ3) is 4.36. The van der Waals surface area contributed by atoms with Gasteiger partial charge in [0.25, 0.3) is 5.91 Å². The van der Waals surface area contributed by atoms with Crippen molar-refractivity contribution in [3.05, 3.63) is 89.5 Å².